The van der Waals surface area contributed by atoms with Gasteiger partial charge in [0, 0.05) is 11.8 Å². The summed E-state index contributed by atoms with van der Waals surface area (Å²) in [6.45, 7) is 3.20. The van der Waals surface area contributed by atoms with Crippen LogP contribution in [0.25, 0.3) is 0 Å². The molecule has 84 valence electrons. The predicted octanol–water partition coefficient (Wildman–Crippen LogP) is 1.43. The van der Waals surface area contributed by atoms with Gasteiger partial charge in [-0.2, -0.15) is 0 Å². The number of hydrogen-bond donors (Lipinski definition) is 3. The van der Waals surface area contributed by atoms with Crippen LogP contribution in [0, 0.1) is 11.6 Å². The number of hydrogen-bond acceptors (Lipinski definition) is 3. The number of benzene rings is 1. The summed E-state index contributed by atoms with van der Waals surface area (Å²) in [4.78, 5) is 0. The van der Waals surface area contributed by atoms with Crippen molar-refractivity contribution in [2.45, 2.75) is 25.6 Å². The van der Waals surface area contributed by atoms with E-state index in [1.807, 2.05) is 0 Å². The molecule has 1 aromatic carbocycles. The average Bonchev–Trinajstić information content (AvgIpc) is 1.99. The van der Waals surface area contributed by atoms with Crippen molar-refractivity contribution in [1.29, 1.82) is 0 Å². The molecule has 0 saturated heterocycles. The summed E-state index contributed by atoms with van der Waals surface area (Å²) in [5, 5.41) is 12.1. The second-order valence-corrected chi connectivity index (χ2v) is 4.03. The van der Waals surface area contributed by atoms with Crippen molar-refractivity contribution in [3.8, 4) is 0 Å². The molecule has 0 amide bonds. The maximum absolute atomic E-state index is 12.8. The summed E-state index contributed by atoms with van der Waals surface area (Å²) in [6, 6.07) is 2.92. The van der Waals surface area contributed by atoms with E-state index in [-0.39, 0.29) is 5.69 Å². The smallest absolute Gasteiger partial charge is 0.142 e. The average molecular weight is 216 g/mol. The molecule has 0 saturated carbocycles. The molecule has 0 radical (unpaired) electrons. The standard InChI is InChI=1S/C10H14F2N2O/c1-10(2,13)9(15)14-8-4-6(11)3-7(12)5-8/h3-5,9,14-15H,13H2,1-2H3. The van der Waals surface area contributed by atoms with Gasteiger partial charge < -0.3 is 16.2 Å². The SMILES string of the molecule is CC(C)(N)C(O)Nc1cc(F)cc(F)c1. The van der Waals surface area contributed by atoms with Gasteiger partial charge in [-0.05, 0) is 26.0 Å². The Hall–Kier alpha value is -1.20. The fourth-order valence-electron chi connectivity index (χ4n) is 0.981. The van der Waals surface area contributed by atoms with Gasteiger partial charge in [0.15, 0.2) is 0 Å². The normalized spacial score (nSPS) is 13.7. The molecule has 0 heterocycles. The number of aliphatic hydroxyl groups is 1. The Kier molecular flexibility index (Phi) is 3.26. The molecule has 15 heavy (non-hydrogen) atoms. The number of anilines is 1. The number of nitrogens with two attached hydrogens (primary N) is 1. The van der Waals surface area contributed by atoms with Crippen molar-refractivity contribution >= 4 is 5.69 Å². The van der Waals surface area contributed by atoms with Crippen molar-refractivity contribution in [2.24, 2.45) is 5.73 Å². The highest BCUT2D eigenvalue weighted by molar-refractivity contribution is 5.44. The van der Waals surface area contributed by atoms with E-state index in [9.17, 15) is 13.9 Å². The minimum atomic E-state index is -1.08. The van der Waals surface area contributed by atoms with Gasteiger partial charge in [-0.15, -0.1) is 0 Å². The molecule has 1 atom stereocenters. The van der Waals surface area contributed by atoms with Crippen LogP contribution in [-0.2, 0) is 0 Å². The molecule has 0 aliphatic rings. The van der Waals surface area contributed by atoms with E-state index < -0.39 is 23.4 Å². The Morgan fingerprint density at radius 3 is 2.13 bits per heavy atom. The van der Waals surface area contributed by atoms with E-state index in [2.05, 4.69) is 5.32 Å². The van der Waals surface area contributed by atoms with Gasteiger partial charge in [0.25, 0.3) is 0 Å². The Morgan fingerprint density at radius 2 is 1.73 bits per heavy atom. The number of aliphatic hydroxyl groups excluding tert-OH is 1. The molecule has 1 rings (SSSR count). The Balaban J connectivity index is 2.81. The van der Waals surface area contributed by atoms with Crippen molar-refractivity contribution in [1.82, 2.24) is 0 Å². The van der Waals surface area contributed by atoms with Gasteiger partial charge in [-0.1, -0.05) is 0 Å². The molecule has 0 aromatic heterocycles. The molecule has 1 unspecified atom stereocenters. The summed E-state index contributed by atoms with van der Waals surface area (Å²) in [5.74, 6) is -1.42. The Labute approximate surface area is 86.9 Å². The van der Waals surface area contributed by atoms with Crippen molar-refractivity contribution < 1.29 is 13.9 Å². The first kappa shape index (κ1) is 11.9. The van der Waals surface area contributed by atoms with E-state index in [1.165, 1.54) is 0 Å². The zero-order chi connectivity index (χ0) is 11.6. The van der Waals surface area contributed by atoms with E-state index in [0.717, 1.165) is 18.2 Å². The molecule has 0 bridgehead atoms. The monoisotopic (exact) mass is 216 g/mol. The first-order chi connectivity index (χ1) is 6.79. The minimum Gasteiger partial charge on any atom is -0.372 e. The maximum atomic E-state index is 12.8. The van der Waals surface area contributed by atoms with Gasteiger partial charge in [0.05, 0.1) is 5.54 Å². The Morgan fingerprint density at radius 1 is 1.27 bits per heavy atom. The van der Waals surface area contributed by atoms with Crippen LogP contribution >= 0.6 is 0 Å². The third kappa shape index (κ3) is 3.45. The van der Waals surface area contributed by atoms with E-state index >= 15 is 0 Å². The molecule has 0 aliphatic carbocycles. The maximum Gasteiger partial charge on any atom is 0.142 e. The number of rotatable bonds is 3. The zero-order valence-electron chi connectivity index (χ0n) is 8.59. The first-order valence-corrected chi connectivity index (χ1v) is 4.48. The number of nitrogens with one attached hydrogen (secondary N) is 1. The van der Waals surface area contributed by atoms with Crippen LogP contribution in [0.1, 0.15) is 13.8 Å². The lowest BCUT2D eigenvalue weighted by molar-refractivity contribution is 0.130. The van der Waals surface area contributed by atoms with Crippen molar-refractivity contribution in [3.05, 3.63) is 29.8 Å². The van der Waals surface area contributed by atoms with Crippen LogP contribution in [0.15, 0.2) is 18.2 Å². The number of halogens is 2. The first-order valence-electron chi connectivity index (χ1n) is 4.48. The highest BCUT2D eigenvalue weighted by atomic mass is 19.1. The van der Waals surface area contributed by atoms with E-state index in [1.54, 1.807) is 13.8 Å². The molecule has 5 heteroatoms. The summed E-state index contributed by atoms with van der Waals surface area (Å²) in [5.41, 5.74) is 4.85. The zero-order valence-corrected chi connectivity index (χ0v) is 8.59. The molecule has 0 fully saturated rings. The molecule has 0 aliphatic heterocycles. The highest BCUT2D eigenvalue weighted by Gasteiger charge is 2.22. The second-order valence-electron chi connectivity index (χ2n) is 4.03. The predicted molar refractivity (Wildman–Crippen MR) is 54.3 cm³/mol. The summed E-state index contributed by atoms with van der Waals surface area (Å²) in [7, 11) is 0. The summed E-state index contributed by atoms with van der Waals surface area (Å²) >= 11 is 0. The molecule has 3 nitrogen and oxygen atoms in total. The molecule has 4 N–H and O–H groups in total. The fraction of sp³-hybridized carbons (Fsp3) is 0.400. The third-order valence-electron chi connectivity index (χ3n) is 1.87. The topological polar surface area (TPSA) is 58.3 Å². The van der Waals surface area contributed by atoms with Crippen LogP contribution in [-0.4, -0.2) is 16.9 Å². The lowest BCUT2D eigenvalue weighted by Gasteiger charge is -2.27. The lowest BCUT2D eigenvalue weighted by Crippen LogP contribution is -2.49. The highest BCUT2D eigenvalue weighted by Crippen LogP contribution is 2.16. The largest absolute Gasteiger partial charge is 0.372 e. The Bertz CT molecular complexity index is 330. The van der Waals surface area contributed by atoms with E-state index in [4.69, 9.17) is 5.73 Å². The summed E-state index contributed by atoms with van der Waals surface area (Å²) in [6.07, 6.45) is -1.08. The van der Waals surface area contributed by atoms with Crippen molar-refractivity contribution in [3.63, 3.8) is 0 Å². The lowest BCUT2D eigenvalue weighted by atomic mass is 10.1. The minimum absolute atomic E-state index is 0.151. The van der Waals surface area contributed by atoms with Crippen LogP contribution in [0.3, 0.4) is 0 Å². The molecular weight excluding hydrogens is 202 g/mol. The molecule has 1 aromatic rings. The van der Waals surface area contributed by atoms with Gasteiger partial charge in [0.2, 0.25) is 0 Å². The van der Waals surface area contributed by atoms with Gasteiger partial charge in [-0.25, -0.2) is 8.78 Å². The van der Waals surface area contributed by atoms with Crippen LogP contribution in [0.2, 0.25) is 0 Å². The van der Waals surface area contributed by atoms with Crippen LogP contribution < -0.4 is 11.1 Å². The van der Waals surface area contributed by atoms with Gasteiger partial charge >= 0.3 is 0 Å². The quantitative estimate of drug-likeness (QED) is 0.670. The van der Waals surface area contributed by atoms with Gasteiger partial charge in [0.1, 0.15) is 17.9 Å². The molecule has 0 spiro atoms. The van der Waals surface area contributed by atoms with Gasteiger partial charge in [-0.3, -0.25) is 0 Å². The summed E-state index contributed by atoms with van der Waals surface area (Å²) < 4.78 is 25.6. The van der Waals surface area contributed by atoms with Crippen LogP contribution in [0.4, 0.5) is 14.5 Å². The second kappa shape index (κ2) is 4.12. The van der Waals surface area contributed by atoms with Crippen molar-refractivity contribution in [2.75, 3.05) is 5.32 Å². The van der Waals surface area contributed by atoms with E-state index in [0.29, 0.717) is 0 Å². The van der Waals surface area contributed by atoms with Crippen LogP contribution in [0.5, 0.6) is 0 Å². The fourth-order valence-corrected chi connectivity index (χ4v) is 0.981. The molecular formula is C10H14F2N2O. The third-order valence-corrected chi connectivity index (χ3v) is 1.87.